The van der Waals surface area contributed by atoms with Gasteiger partial charge in [-0.2, -0.15) is 0 Å². The summed E-state index contributed by atoms with van der Waals surface area (Å²) in [4.78, 5) is 22.8. The number of hydrogen-bond acceptors (Lipinski definition) is 2. The van der Waals surface area contributed by atoms with E-state index in [1.165, 1.54) is 18.2 Å². The van der Waals surface area contributed by atoms with E-state index in [-0.39, 0.29) is 23.7 Å². The Balaban J connectivity index is 2.04. The summed E-state index contributed by atoms with van der Waals surface area (Å²) in [6.07, 6.45) is 0.298. The number of rotatable bonds is 2. The molecule has 0 radical (unpaired) electrons. The van der Waals surface area contributed by atoms with E-state index in [4.69, 9.17) is 0 Å². The molecular formula is C12H13FN2O2. The average molecular weight is 236 g/mol. The van der Waals surface area contributed by atoms with E-state index in [1.807, 2.05) is 0 Å². The van der Waals surface area contributed by atoms with Crippen LogP contribution in [-0.2, 0) is 4.79 Å². The topological polar surface area (TPSA) is 58.2 Å². The Morgan fingerprint density at radius 2 is 2.29 bits per heavy atom. The Labute approximate surface area is 98.2 Å². The summed E-state index contributed by atoms with van der Waals surface area (Å²) in [5, 5.41) is 5.36. The van der Waals surface area contributed by atoms with Gasteiger partial charge in [-0.25, -0.2) is 4.39 Å². The van der Waals surface area contributed by atoms with Gasteiger partial charge in [0.2, 0.25) is 5.91 Å². The van der Waals surface area contributed by atoms with Crippen molar-refractivity contribution in [2.45, 2.75) is 19.4 Å². The molecular weight excluding hydrogens is 223 g/mol. The van der Waals surface area contributed by atoms with E-state index in [2.05, 4.69) is 10.6 Å². The van der Waals surface area contributed by atoms with Crippen LogP contribution in [0.15, 0.2) is 18.2 Å². The lowest BCUT2D eigenvalue weighted by atomic mass is 10.1. The third kappa shape index (κ3) is 2.61. The summed E-state index contributed by atoms with van der Waals surface area (Å²) in [5.41, 5.74) is 0.835. The van der Waals surface area contributed by atoms with Crippen molar-refractivity contribution in [1.29, 1.82) is 0 Å². The summed E-state index contributed by atoms with van der Waals surface area (Å²) in [5.74, 6) is -0.681. The second-order valence-corrected chi connectivity index (χ2v) is 4.14. The molecule has 1 fully saturated rings. The van der Waals surface area contributed by atoms with Crippen molar-refractivity contribution in [3.8, 4) is 0 Å². The molecule has 1 unspecified atom stereocenters. The van der Waals surface area contributed by atoms with Gasteiger partial charge in [0.25, 0.3) is 5.91 Å². The highest BCUT2D eigenvalue weighted by Crippen LogP contribution is 2.10. The largest absolute Gasteiger partial charge is 0.354 e. The molecule has 1 aliphatic heterocycles. The van der Waals surface area contributed by atoms with Crippen LogP contribution in [0, 0.1) is 12.7 Å². The number of aryl methyl sites for hydroxylation is 1. The molecule has 0 spiro atoms. The maximum absolute atomic E-state index is 13.0. The normalized spacial score (nSPS) is 18.9. The Kier molecular flexibility index (Phi) is 3.08. The minimum absolute atomic E-state index is 0.0643. The van der Waals surface area contributed by atoms with E-state index in [9.17, 15) is 14.0 Å². The van der Waals surface area contributed by atoms with Gasteiger partial charge in [0.1, 0.15) is 5.82 Å². The first-order valence-corrected chi connectivity index (χ1v) is 5.40. The molecule has 2 N–H and O–H groups in total. The molecule has 0 bridgehead atoms. The fourth-order valence-electron chi connectivity index (χ4n) is 1.76. The van der Waals surface area contributed by atoms with Crippen molar-refractivity contribution < 1.29 is 14.0 Å². The van der Waals surface area contributed by atoms with Crippen LogP contribution in [0.5, 0.6) is 0 Å². The highest BCUT2D eigenvalue weighted by Gasteiger charge is 2.23. The van der Waals surface area contributed by atoms with Crippen molar-refractivity contribution in [2.24, 2.45) is 0 Å². The van der Waals surface area contributed by atoms with Gasteiger partial charge >= 0.3 is 0 Å². The predicted octanol–water partition coefficient (Wildman–Crippen LogP) is 0.752. The number of amides is 2. The molecule has 4 nitrogen and oxygen atoms in total. The summed E-state index contributed by atoms with van der Waals surface area (Å²) in [6, 6.07) is 4.01. The number of carbonyl (C=O) groups excluding carboxylic acids is 2. The van der Waals surface area contributed by atoms with Crippen LogP contribution in [0.4, 0.5) is 4.39 Å². The molecule has 5 heteroatoms. The number of benzene rings is 1. The fraction of sp³-hybridized carbons (Fsp3) is 0.333. The van der Waals surface area contributed by atoms with Crippen LogP contribution < -0.4 is 10.6 Å². The highest BCUT2D eigenvalue weighted by atomic mass is 19.1. The molecule has 0 aliphatic carbocycles. The summed E-state index contributed by atoms with van der Waals surface area (Å²) < 4.78 is 13.0. The standard InChI is InChI=1S/C12H13FN2O2/c1-7-4-8(2-3-10(7)13)12(17)15-9-5-11(16)14-6-9/h2-4,9H,5-6H2,1H3,(H,14,16)(H,15,17). The van der Waals surface area contributed by atoms with Gasteiger partial charge in [0, 0.05) is 18.5 Å². The molecule has 1 aromatic rings. The van der Waals surface area contributed by atoms with Crippen molar-refractivity contribution >= 4 is 11.8 Å². The van der Waals surface area contributed by atoms with E-state index in [0.29, 0.717) is 24.1 Å². The molecule has 1 atom stereocenters. The van der Waals surface area contributed by atoms with E-state index >= 15 is 0 Å². The number of halogens is 1. The monoisotopic (exact) mass is 236 g/mol. The summed E-state index contributed by atoms with van der Waals surface area (Å²) >= 11 is 0. The van der Waals surface area contributed by atoms with Crippen LogP contribution in [0.3, 0.4) is 0 Å². The SMILES string of the molecule is Cc1cc(C(=O)NC2CNC(=O)C2)ccc1F. The minimum Gasteiger partial charge on any atom is -0.354 e. The lowest BCUT2D eigenvalue weighted by Crippen LogP contribution is -2.36. The van der Waals surface area contributed by atoms with Gasteiger partial charge in [0.15, 0.2) is 0 Å². The van der Waals surface area contributed by atoms with Crippen LogP contribution in [-0.4, -0.2) is 24.4 Å². The Hall–Kier alpha value is -1.91. The second-order valence-electron chi connectivity index (χ2n) is 4.14. The molecule has 1 aliphatic rings. The minimum atomic E-state index is -0.334. The molecule has 1 aromatic carbocycles. The maximum atomic E-state index is 13.0. The first kappa shape index (κ1) is 11.6. The van der Waals surface area contributed by atoms with Gasteiger partial charge in [-0.15, -0.1) is 0 Å². The third-order valence-electron chi connectivity index (χ3n) is 2.73. The Bertz CT molecular complexity index is 474. The van der Waals surface area contributed by atoms with Crippen LogP contribution in [0.25, 0.3) is 0 Å². The van der Waals surface area contributed by atoms with Gasteiger partial charge in [-0.3, -0.25) is 9.59 Å². The molecule has 2 amide bonds. The zero-order valence-electron chi connectivity index (χ0n) is 9.42. The van der Waals surface area contributed by atoms with Gasteiger partial charge in [-0.05, 0) is 30.7 Å². The van der Waals surface area contributed by atoms with Crippen LogP contribution >= 0.6 is 0 Å². The van der Waals surface area contributed by atoms with Crippen LogP contribution in [0.1, 0.15) is 22.3 Å². The predicted molar refractivity (Wildman–Crippen MR) is 60.0 cm³/mol. The molecule has 1 heterocycles. The zero-order valence-corrected chi connectivity index (χ0v) is 9.42. The van der Waals surface area contributed by atoms with Gasteiger partial charge < -0.3 is 10.6 Å². The van der Waals surface area contributed by atoms with E-state index in [1.54, 1.807) is 6.92 Å². The Morgan fingerprint density at radius 1 is 1.53 bits per heavy atom. The first-order valence-electron chi connectivity index (χ1n) is 5.40. The first-order chi connectivity index (χ1) is 8.06. The summed E-state index contributed by atoms with van der Waals surface area (Å²) in [6.45, 7) is 2.05. The van der Waals surface area contributed by atoms with Crippen molar-refractivity contribution in [3.05, 3.63) is 35.1 Å². The van der Waals surface area contributed by atoms with E-state index < -0.39 is 0 Å². The quantitative estimate of drug-likeness (QED) is 0.796. The number of carbonyl (C=O) groups is 2. The lowest BCUT2D eigenvalue weighted by Gasteiger charge is -2.10. The van der Waals surface area contributed by atoms with Crippen molar-refractivity contribution in [3.63, 3.8) is 0 Å². The maximum Gasteiger partial charge on any atom is 0.251 e. The van der Waals surface area contributed by atoms with Gasteiger partial charge in [-0.1, -0.05) is 0 Å². The molecule has 0 saturated carbocycles. The highest BCUT2D eigenvalue weighted by molar-refractivity contribution is 5.95. The zero-order chi connectivity index (χ0) is 12.4. The number of hydrogen-bond donors (Lipinski definition) is 2. The molecule has 17 heavy (non-hydrogen) atoms. The van der Waals surface area contributed by atoms with Gasteiger partial charge in [0.05, 0.1) is 6.04 Å². The third-order valence-corrected chi connectivity index (χ3v) is 2.73. The molecule has 0 aromatic heterocycles. The van der Waals surface area contributed by atoms with E-state index in [0.717, 1.165) is 0 Å². The average Bonchev–Trinajstić information content (AvgIpc) is 2.68. The lowest BCUT2D eigenvalue weighted by molar-refractivity contribution is -0.119. The second kappa shape index (κ2) is 4.53. The fourth-order valence-corrected chi connectivity index (χ4v) is 1.76. The van der Waals surface area contributed by atoms with Crippen LogP contribution in [0.2, 0.25) is 0 Å². The molecule has 90 valence electrons. The summed E-state index contributed by atoms with van der Waals surface area (Å²) in [7, 11) is 0. The smallest absolute Gasteiger partial charge is 0.251 e. The molecule has 2 rings (SSSR count). The number of nitrogens with one attached hydrogen (secondary N) is 2. The van der Waals surface area contributed by atoms with Crippen molar-refractivity contribution in [2.75, 3.05) is 6.54 Å². The Morgan fingerprint density at radius 3 is 2.88 bits per heavy atom. The molecule has 1 saturated heterocycles. The van der Waals surface area contributed by atoms with Crippen molar-refractivity contribution in [1.82, 2.24) is 10.6 Å².